The highest BCUT2D eigenvalue weighted by Crippen LogP contribution is 2.56. The minimum atomic E-state index is -0.153. The van der Waals surface area contributed by atoms with Crippen molar-refractivity contribution in [3.63, 3.8) is 0 Å². The summed E-state index contributed by atoms with van der Waals surface area (Å²) in [6.07, 6.45) is 3.48. The first-order chi connectivity index (χ1) is 33.8. The van der Waals surface area contributed by atoms with Gasteiger partial charge in [-0.05, 0) is 193 Å². The van der Waals surface area contributed by atoms with Crippen LogP contribution in [-0.4, -0.2) is 6.71 Å². The standard InChI is InChI=1S/C67H66BN3/c1-42-34-60-62-61(35-42)71(46-27-30-51-53(37-46)64(4,5)33-32-63(51,2)3)59-40-55-54(65(6,7)41-66(55,8)9)39-57(59)68(62)56-31-28-47(69(43-20-14-12-15-21-43)44-22-16-13-17-23-44)38-58(56)70(60)45-26-29-49-48-24-18-19-25-50(48)67(10,11)52(49)36-45/h12-31,34-40H,32-33,41H2,1-11H3. The van der Waals surface area contributed by atoms with Crippen molar-refractivity contribution in [3.8, 4) is 11.1 Å². The van der Waals surface area contributed by atoms with Crippen LogP contribution in [0.25, 0.3) is 11.1 Å². The van der Waals surface area contributed by atoms with E-state index in [0.29, 0.717) is 0 Å². The van der Waals surface area contributed by atoms with Crippen LogP contribution in [0.5, 0.6) is 0 Å². The van der Waals surface area contributed by atoms with Crippen LogP contribution in [0.2, 0.25) is 0 Å². The molecule has 8 aromatic carbocycles. The van der Waals surface area contributed by atoms with E-state index in [1.807, 2.05) is 0 Å². The van der Waals surface area contributed by atoms with Crippen LogP contribution >= 0.6 is 0 Å². The molecule has 5 aliphatic rings. The second kappa shape index (κ2) is 14.9. The molecule has 3 nitrogen and oxygen atoms in total. The van der Waals surface area contributed by atoms with Gasteiger partial charge in [0.1, 0.15) is 0 Å². The van der Waals surface area contributed by atoms with Gasteiger partial charge >= 0.3 is 0 Å². The zero-order valence-corrected chi connectivity index (χ0v) is 43.6. The van der Waals surface area contributed by atoms with Crippen LogP contribution in [0.4, 0.5) is 51.2 Å². The van der Waals surface area contributed by atoms with Crippen LogP contribution in [0.15, 0.2) is 164 Å². The molecular formula is C67H66BN3. The first-order valence-corrected chi connectivity index (χ1v) is 26.2. The number of benzene rings is 8. The average molecular weight is 924 g/mol. The predicted octanol–water partition coefficient (Wildman–Crippen LogP) is 16.2. The molecule has 2 aliphatic heterocycles. The number of anilines is 9. The molecule has 352 valence electrons. The molecule has 0 fully saturated rings. The van der Waals surface area contributed by atoms with Crippen LogP contribution in [0.3, 0.4) is 0 Å². The number of para-hydroxylation sites is 2. The van der Waals surface area contributed by atoms with E-state index in [2.05, 4.69) is 255 Å². The van der Waals surface area contributed by atoms with E-state index in [4.69, 9.17) is 0 Å². The van der Waals surface area contributed by atoms with Gasteiger partial charge in [-0.1, -0.05) is 154 Å². The maximum Gasteiger partial charge on any atom is 0.252 e. The van der Waals surface area contributed by atoms with Crippen LogP contribution < -0.4 is 31.1 Å². The first-order valence-electron chi connectivity index (χ1n) is 26.2. The molecule has 0 bridgehead atoms. The topological polar surface area (TPSA) is 9.72 Å². The lowest BCUT2D eigenvalue weighted by Gasteiger charge is -2.46. The monoisotopic (exact) mass is 924 g/mol. The predicted molar refractivity (Wildman–Crippen MR) is 303 cm³/mol. The molecule has 3 aliphatic carbocycles. The molecule has 0 unspecified atom stereocenters. The number of rotatable bonds is 5. The Hall–Kier alpha value is -6.78. The number of hydrogen-bond acceptors (Lipinski definition) is 3. The van der Waals surface area contributed by atoms with Gasteiger partial charge in [0.05, 0.1) is 0 Å². The van der Waals surface area contributed by atoms with Crippen molar-refractivity contribution in [1.82, 2.24) is 0 Å². The van der Waals surface area contributed by atoms with Crippen molar-refractivity contribution in [3.05, 3.63) is 203 Å². The zero-order chi connectivity index (χ0) is 49.1. The Morgan fingerprint density at radius 3 is 1.56 bits per heavy atom. The third-order valence-electron chi connectivity index (χ3n) is 17.9. The van der Waals surface area contributed by atoms with Crippen molar-refractivity contribution in [2.45, 2.75) is 122 Å². The SMILES string of the molecule is Cc1cc2c3c(c1)N(c1ccc4c(c1)C(C)(C)CCC4(C)C)c1cc4c(cc1B3c1ccc(N(c3ccccc3)c3ccccc3)cc1N2c1ccc2c(c1)C(C)(C)c1ccccc1-2)C(C)(C)CC4(C)C. The molecule has 0 saturated heterocycles. The fraction of sp³-hybridized carbons (Fsp3) is 0.284. The van der Waals surface area contributed by atoms with E-state index in [9.17, 15) is 0 Å². The summed E-state index contributed by atoms with van der Waals surface area (Å²) in [7, 11) is 0. The molecule has 4 heteroatoms. The van der Waals surface area contributed by atoms with Gasteiger partial charge in [0.15, 0.2) is 0 Å². The highest BCUT2D eigenvalue weighted by atomic mass is 15.2. The van der Waals surface area contributed by atoms with Gasteiger partial charge in [0.2, 0.25) is 0 Å². The molecule has 2 heterocycles. The van der Waals surface area contributed by atoms with E-state index in [1.54, 1.807) is 0 Å². The molecule has 0 radical (unpaired) electrons. The van der Waals surface area contributed by atoms with Gasteiger partial charge in [0, 0.05) is 56.6 Å². The summed E-state index contributed by atoms with van der Waals surface area (Å²) < 4.78 is 0. The Kier molecular flexibility index (Phi) is 9.27. The Labute approximate surface area is 423 Å². The average Bonchev–Trinajstić information content (AvgIpc) is 3.69. The van der Waals surface area contributed by atoms with Crippen molar-refractivity contribution >= 4 is 74.3 Å². The Bertz CT molecular complexity index is 3480. The molecule has 0 spiro atoms. The fourth-order valence-electron chi connectivity index (χ4n) is 14.4. The number of fused-ring (bicyclic) bond motifs is 9. The summed E-state index contributed by atoms with van der Waals surface area (Å²) in [5.74, 6) is 0. The van der Waals surface area contributed by atoms with Crippen molar-refractivity contribution < 1.29 is 0 Å². The largest absolute Gasteiger partial charge is 0.311 e. The summed E-state index contributed by atoms with van der Waals surface area (Å²) in [5.41, 5.74) is 27.8. The Balaban J connectivity index is 1.12. The van der Waals surface area contributed by atoms with Crippen LogP contribution in [-0.2, 0) is 27.1 Å². The fourth-order valence-corrected chi connectivity index (χ4v) is 14.4. The molecule has 8 aromatic rings. The summed E-state index contributed by atoms with van der Waals surface area (Å²) >= 11 is 0. The van der Waals surface area contributed by atoms with Gasteiger partial charge in [-0.25, -0.2) is 0 Å². The Morgan fingerprint density at radius 2 is 0.915 bits per heavy atom. The smallest absolute Gasteiger partial charge is 0.252 e. The molecule has 0 amide bonds. The van der Waals surface area contributed by atoms with Crippen molar-refractivity contribution in [1.29, 1.82) is 0 Å². The highest BCUT2D eigenvalue weighted by molar-refractivity contribution is 7.00. The minimum Gasteiger partial charge on any atom is -0.311 e. The van der Waals surface area contributed by atoms with Crippen molar-refractivity contribution in [2.24, 2.45) is 0 Å². The van der Waals surface area contributed by atoms with Crippen LogP contribution in [0.1, 0.15) is 127 Å². The lowest BCUT2D eigenvalue weighted by Crippen LogP contribution is -2.61. The number of nitrogens with zero attached hydrogens (tertiary/aromatic N) is 3. The number of hydrogen-bond donors (Lipinski definition) is 0. The van der Waals surface area contributed by atoms with Gasteiger partial charge in [-0.3, -0.25) is 0 Å². The third-order valence-corrected chi connectivity index (χ3v) is 17.9. The second-order valence-electron chi connectivity index (χ2n) is 24.9. The van der Waals surface area contributed by atoms with Gasteiger partial charge < -0.3 is 14.7 Å². The molecule has 0 N–H and O–H groups in total. The third kappa shape index (κ3) is 6.41. The lowest BCUT2D eigenvalue weighted by atomic mass is 9.33. The van der Waals surface area contributed by atoms with Gasteiger partial charge in [-0.2, -0.15) is 0 Å². The van der Waals surface area contributed by atoms with E-state index < -0.39 is 0 Å². The molecular weight excluding hydrogens is 858 g/mol. The minimum absolute atomic E-state index is 0.00184. The molecule has 71 heavy (non-hydrogen) atoms. The van der Waals surface area contributed by atoms with Gasteiger partial charge in [0.25, 0.3) is 6.71 Å². The first kappa shape index (κ1) is 44.2. The molecule has 0 atom stereocenters. The van der Waals surface area contributed by atoms with E-state index in [1.165, 1.54) is 113 Å². The molecule has 0 saturated carbocycles. The maximum atomic E-state index is 2.68. The van der Waals surface area contributed by atoms with E-state index in [-0.39, 0.29) is 33.8 Å². The van der Waals surface area contributed by atoms with E-state index in [0.717, 1.165) is 23.5 Å². The molecule has 13 rings (SSSR count). The quantitative estimate of drug-likeness (QED) is 0.159. The summed E-state index contributed by atoms with van der Waals surface area (Å²) in [5, 5.41) is 0. The normalized spacial score (nSPS) is 18.4. The zero-order valence-electron chi connectivity index (χ0n) is 43.6. The summed E-state index contributed by atoms with van der Waals surface area (Å²) in [4.78, 5) is 7.74. The highest BCUT2D eigenvalue weighted by Gasteiger charge is 2.49. The lowest BCUT2D eigenvalue weighted by molar-refractivity contribution is 0.332. The summed E-state index contributed by atoms with van der Waals surface area (Å²) in [6, 6.07) is 63.3. The maximum absolute atomic E-state index is 2.68. The molecule has 0 aromatic heterocycles. The van der Waals surface area contributed by atoms with Gasteiger partial charge in [-0.15, -0.1) is 0 Å². The number of aryl methyl sites for hydroxylation is 1. The van der Waals surface area contributed by atoms with Crippen molar-refractivity contribution in [2.75, 3.05) is 14.7 Å². The van der Waals surface area contributed by atoms with Crippen LogP contribution in [0, 0.1) is 6.92 Å². The summed E-state index contributed by atoms with van der Waals surface area (Å²) in [6.45, 7) is 26.8. The second-order valence-corrected chi connectivity index (χ2v) is 24.9. The van der Waals surface area contributed by atoms with E-state index >= 15 is 0 Å². The Morgan fingerprint density at radius 1 is 0.394 bits per heavy atom.